The summed E-state index contributed by atoms with van der Waals surface area (Å²) in [5.41, 5.74) is 0.475. The second kappa shape index (κ2) is 6.79. The van der Waals surface area contributed by atoms with E-state index in [4.69, 9.17) is 4.74 Å². The third-order valence-corrected chi connectivity index (χ3v) is 2.50. The summed E-state index contributed by atoms with van der Waals surface area (Å²) in [5, 5.41) is 0. The maximum absolute atomic E-state index is 11.5. The van der Waals surface area contributed by atoms with Crippen molar-refractivity contribution in [3.8, 4) is 0 Å². The molecule has 0 unspecified atom stereocenters. The van der Waals surface area contributed by atoms with Gasteiger partial charge in [0.1, 0.15) is 5.82 Å². The number of rotatable bonds is 6. The third-order valence-electron chi connectivity index (χ3n) is 2.50. The summed E-state index contributed by atoms with van der Waals surface area (Å²) in [4.78, 5) is 17.9. The fourth-order valence-corrected chi connectivity index (χ4v) is 1.60. The molecule has 1 rings (SSSR count). The summed E-state index contributed by atoms with van der Waals surface area (Å²) in [7, 11) is 0. The van der Waals surface area contributed by atoms with E-state index in [1.165, 1.54) is 0 Å². The molecule has 1 aromatic rings. The van der Waals surface area contributed by atoms with Crippen LogP contribution in [0.15, 0.2) is 31.0 Å². The summed E-state index contributed by atoms with van der Waals surface area (Å²) in [6.45, 7) is 10.8. The molecule has 4 nitrogen and oxygen atoms in total. The lowest BCUT2D eigenvalue weighted by atomic mass is 10.2. The van der Waals surface area contributed by atoms with Crippen LogP contribution in [0.5, 0.6) is 0 Å². The fraction of sp³-hybridized carbons (Fsp3) is 0.429. The second-order valence-corrected chi connectivity index (χ2v) is 4.16. The van der Waals surface area contributed by atoms with Crippen LogP contribution in [-0.4, -0.2) is 30.1 Å². The number of nitrogens with zero attached hydrogens (tertiary/aromatic N) is 2. The summed E-state index contributed by atoms with van der Waals surface area (Å²) in [5.74, 6) is 0.495. The molecule has 0 aliphatic rings. The predicted molar refractivity (Wildman–Crippen MR) is 72.9 cm³/mol. The summed E-state index contributed by atoms with van der Waals surface area (Å²) < 4.78 is 4.91. The smallest absolute Gasteiger partial charge is 0.339 e. The van der Waals surface area contributed by atoms with Gasteiger partial charge in [-0.1, -0.05) is 6.08 Å². The number of aromatic nitrogens is 1. The summed E-state index contributed by atoms with van der Waals surface area (Å²) in [6, 6.07) is 3.89. The Kier molecular flexibility index (Phi) is 5.36. The van der Waals surface area contributed by atoms with Crippen LogP contribution in [0.2, 0.25) is 0 Å². The molecule has 0 aliphatic carbocycles. The van der Waals surface area contributed by atoms with Crippen molar-refractivity contribution in [1.82, 2.24) is 4.98 Å². The molecule has 0 saturated carbocycles. The highest BCUT2D eigenvalue weighted by Crippen LogP contribution is 2.14. The minimum atomic E-state index is -0.337. The van der Waals surface area contributed by atoms with Gasteiger partial charge in [0.05, 0.1) is 12.2 Å². The lowest BCUT2D eigenvalue weighted by Crippen LogP contribution is -2.31. The van der Waals surface area contributed by atoms with E-state index in [2.05, 4.69) is 30.3 Å². The van der Waals surface area contributed by atoms with Gasteiger partial charge in [0.2, 0.25) is 0 Å². The van der Waals surface area contributed by atoms with Crippen molar-refractivity contribution in [3.05, 3.63) is 36.5 Å². The van der Waals surface area contributed by atoms with Crippen LogP contribution in [0.25, 0.3) is 0 Å². The van der Waals surface area contributed by atoms with E-state index in [1.807, 2.05) is 12.1 Å². The zero-order valence-electron chi connectivity index (χ0n) is 11.2. The van der Waals surface area contributed by atoms with Gasteiger partial charge in [0.15, 0.2) is 0 Å². The van der Waals surface area contributed by atoms with Gasteiger partial charge in [0.25, 0.3) is 0 Å². The first-order chi connectivity index (χ1) is 8.60. The third kappa shape index (κ3) is 3.58. The standard InChI is InChI=1S/C14H20N2O2/c1-5-9-16(11(3)4)13-8-7-12(10-15-13)14(17)18-6-2/h5,7-8,10-11H,1,6,9H2,2-4H3. The highest BCUT2D eigenvalue weighted by molar-refractivity contribution is 5.89. The van der Waals surface area contributed by atoms with Gasteiger partial charge in [-0.15, -0.1) is 6.58 Å². The van der Waals surface area contributed by atoms with E-state index in [-0.39, 0.29) is 5.97 Å². The number of carbonyl (C=O) groups is 1. The van der Waals surface area contributed by atoms with E-state index >= 15 is 0 Å². The number of anilines is 1. The molecule has 0 aromatic carbocycles. The number of carbonyl (C=O) groups excluding carboxylic acids is 1. The Morgan fingerprint density at radius 1 is 1.56 bits per heavy atom. The van der Waals surface area contributed by atoms with E-state index in [0.29, 0.717) is 18.2 Å². The highest BCUT2D eigenvalue weighted by atomic mass is 16.5. The number of ether oxygens (including phenoxy) is 1. The van der Waals surface area contributed by atoms with E-state index in [9.17, 15) is 4.79 Å². The molecule has 0 radical (unpaired) electrons. The fourth-order valence-electron chi connectivity index (χ4n) is 1.60. The molecule has 0 spiro atoms. The number of esters is 1. The quantitative estimate of drug-likeness (QED) is 0.573. The SMILES string of the molecule is C=CCN(c1ccc(C(=O)OCC)cn1)C(C)C. The molecule has 0 bridgehead atoms. The van der Waals surface area contributed by atoms with E-state index in [0.717, 1.165) is 12.4 Å². The Hall–Kier alpha value is -1.84. The van der Waals surface area contributed by atoms with Crippen LogP contribution >= 0.6 is 0 Å². The number of pyridine rings is 1. The molecular weight excluding hydrogens is 228 g/mol. The Bertz CT molecular complexity index is 399. The lowest BCUT2D eigenvalue weighted by molar-refractivity contribution is 0.0526. The highest BCUT2D eigenvalue weighted by Gasteiger charge is 2.12. The second-order valence-electron chi connectivity index (χ2n) is 4.16. The largest absolute Gasteiger partial charge is 0.462 e. The van der Waals surface area contributed by atoms with Crippen molar-refractivity contribution in [1.29, 1.82) is 0 Å². The number of hydrogen-bond donors (Lipinski definition) is 0. The van der Waals surface area contributed by atoms with Crippen LogP contribution in [-0.2, 0) is 4.74 Å². The van der Waals surface area contributed by atoms with Gasteiger partial charge >= 0.3 is 5.97 Å². The van der Waals surface area contributed by atoms with Crippen molar-refractivity contribution in [2.24, 2.45) is 0 Å². The molecule has 98 valence electrons. The minimum absolute atomic E-state index is 0.323. The Balaban J connectivity index is 2.86. The zero-order chi connectivity index (χ0) is 13.5. The van der Waals surface area contributed by atoms with Crippen LogP contribution in [0.3, 0.4) is 0 Å². The van der Waals surface area contributed by atoms with Gasteiger partial charge in [-0.05, 0) is 32.9 Å². The van der Waals surface area contributed by atoms with Crippen molar-refractivity contribution >= 4 is 11.8 Å². The molecule has 4 heteroatoms. The van der Waals surface area contributed by atoms with E-state index in [1.54, 1.807) is 19.2 Å². The van der Waals surface area contributed by atoms with Gasteiger partial charge < -0.3 is 9.64 Å². The van der Waals surface area contributed by atoms with Crippen molar-refractivity contribution in [3.63, 3.8) is 0 Å². The van der Waals surface area contributed by atoms with Crippen molar-refractivity contribution in [2.45, 2.75) is 26.8 Å². The Morgan fingerprint density at radius 2 is 2.28 bits per heavy atom. The molecule has 0 saturated heterocycles. The van der Waals surface area contributed by atoms with Gasteiger partial charge in [0, 0.05) is 18.8 Å². The maximum Gasteiger partial charge on any atom is 0.339 e. The molecule has 1 heterocycles. The van der Waals surface area contributed by atoms with Gasteiger partial charge in [-0.25, -0.2) is 9.78 Å². The van der Waals surface area contributed by atoms with Crippen LogP contribution in [0, 0.1) is 0 Å². The summed E-state index contributed by atoms with van der Waals surface area (Å²) >= 11 is 0. The van der Waals surface area contributed by atoms with Gasteiger partial charge in [-0.2, -0.15) is 0 Å². The average molecular weight is 248 g/mol. The molecule has 1 aromatic heterocycles. The van der Waals surface area contributed by atoms with Crippen molar-refractivity contribution < 1.29 is 9.53 Å². The molecule has 0 aliphatic heterocycles. The predicted octanol–water partition coefficient (Wildman–Crippen LogP) is 2.66. The normalized spacial score (nSPS) is 10.2. The van der Waals surface area contributed by atoms with Gasteiger partial charge in [-0.3, -0.25) is 0 Å². The summed E-state index contributed by atoms with van der Waals surface area (Å²) in [6.07, 6.45) is 3.38. The average Bonchev–Trinajstić information content (AvgIpc) is 2.36. The van der Waals surface area contributed by atoms with Crippen LogP contribution in [0.1, 0.15) is 31.1 Å². The molecular formula is C14H20N2O2. The topological polar surface area (TPSA) is 42.4 Å². The number of hydrogen-bond acceptors (Lipinski definition) is 4. The first-order valence-electron chi connectivity index (χ1n) is 6.10. The first-order valence-corrected chi connectivity index (χ1v) is 6.10. The van der Waals surface area contributed by atoms with Crippen molar-refractivity contribution in [2.75, 3.05) is 18.1 Å². The monoisotopic (exact) mass is 248 g/mol. The zero-order valence-corrected chi connectivity index (χ0v) is 11.2. The van der Waals surface area contributed by atoms with Crippen LogP contribution < -0.4 is 4.90 Å². The Morgan fingerprint density at radius 3 is 2.72 bits per heavy atom. The first kappa shape index (κ1) is 14.2. The molecule has 0 fully saturated rings. The molecule has 0 amide bonds. The van der Waals surface area contributed by atoms with E-state index < -0.39 is 0 Å². The molecule has 18 heavy (non-hydrogen) atoms. The maximum atomic E-state index is 11.5. The molecule has 0 atom stereocenters. The van der Waals surface area contributed by atoms with Crippen LogP contribution in [0.4, 0.5) is 5.82 Å². The molecule has 0 N–H and O–H groups in total. The lowest BCUT2D eigenvalue weighted by Gasteiger charge is -2.26. The minimum Gasteiger partial charge on any atom is -0.462 e. The Labute approximate surface area is 108 Å².